The van der Waals surface area contributed by atoms with E-state index in [9.17, 15) is 0 Å². The average molecular weight is 392 g/mol. The van der Waals surface area contributed by atoms with Crippen LogP contribution in [0.1, 0.15) is 142 Å². The van der Waals surface area contributed by atoms with Gasteiger partial charge in [0.25, 0.3) is 0 Å². The molecule has 0 aromatic rings. The van der Waals surface area contributed by atoms with Gasteiger partial charge in [0.05, 0.1) is 0 Å². The van der Waals surface area contributed by atoms with Gasteiger partial charge in [-0.1, -0.05) is 142 Å². The summed E-state index contributed by atoms with van der Waals surface area (Å²) in [4.78, 5) is 0. The number of hydrogen-bond acceptors (Lipinski definition) is 0. The summed E-state index contributed by atoms with van der Waals surface area (Å²) in [5.74, 6) is 0. The molecule has 0 aliphatic carbocycles. The van der Waals surface area contributed by atoms with Crippen LogP contribution in [0.15, 0.2) is 0 Å². The van der Waals surface area contributed by atoms with Crippen LogP contribution in [0.25, 0.3) is 0 Å². The van der Waals surface area contributed by atoms with Crippen molar-refractivity contribution in [3.05, 3.63) is 0 Å². The zero-order valence-electron chi connectivity index (χ0n) is 16.6. The Labute approximate surface area is 159 Å². The van der Waals surface area contributed by atoms with Crippen molar-refractivity contribution in [1.82, 2.24) is 0 Å². The minimum Gasteiger partial charge on any atom is -0.114 e. The largest absolute Gasteiger partial charge is 0.114 e. The van der Waals surface area contributed by atoms with Crippen LogP contribution in [0.5, 0.6) is 0 Å². The minimum absolute atomic E-state index is 0. The monoisotopic (exact) mass is 390 g/mol. The number of hydrogen-bond donors (Lipinski definition) is 0. The second kappa shape index (κ2) is 24.7. The topological polar surface area (TPSA) is 0 Å². The van der Waals surface area contributed by atoms with Gasteiger partial charge in [-0.2, -0.15) is 0 Å². The maximum Gasteiger partial charge on any atom is -0.0533 e. The van der Waals surface area contributed by atoms with Crippen LogP contribution in [0, 0.1) is 0 Å². The molecule has 0 aromatic heterocycles. The Bertz CT molecular complexity index is 159. The highest BCUT2D eigenvalue weighted by atomic mass is 79.9. The highest BCUT2D eigenvalue weighted by Crippen LogP contribution is 2.14. The van der Waals surface area contributed by atoms with E-state index in [2.05, 4.69) is 13.8 Å². The molecule has 0 unspecified atom stereocenters. The summed E-state index contributed by atoms with van der Waals surface area (Å²) in [5, 5.41) is 0. The summed E-state index contributed by atoms with van der Waals surface area (Å²) >= 11 is 0. The molecule has 23 heavy (non-hydrogen) atoms. The standard InChI is InChI=1S/C22H46.BrH/c1-3-5-7-9-11-13-15-17-19-21-22-20-18-16-14-12-10-8-6-4-2;/h3-22H2,1-2H3;1H. The number of unbranched alkanes of at least 4 members (excludes halogenated alkanes) is 19. The molecule has 0 bridgehead atoms. The Kier molecular flexibility index (Phi) is 27.7. The van der Waals surface area contributed by atoms with E-state index in [1.807, 2.05) is 0 Å². The van der Waals surface area contributed by atoms with Crippen LogP contribution in [-0.2, 0) is 0 Å². The summed E-state index contributed by atoms with van der Waals surface area (Å²) in [7, 11) is 0. The fraction of sp³-hybridized carbons (Fsp3) is 1.00. The first-order valence-electron chi connectivity index (χ1n) is 10.9. The summed E-state index contributed by atoms with van der Waals surface area (Å²) in [6.45, 7) is 4.60. The van der Waals surface area contributed by atoms with E-state index in [0.29, 0.717) is 0 Å². The van der Waals surface area contributed by atoms with Crippen LogP contribution in [0.3, 0.4) is 0 Å². The quantitative estimate of drug-likeness (QED) is 0.192. The zero-order valence-corrected chi connectivity index (χ0v) is 18.3. The van der Waals surface area contributed by atoms with Crippen molar-refractivity contribution >= 4 is 17.0 Å². The molecule has 0 atom stereocenters. The van der Waals surface area contributed by atoms with E-state index in [1.165, 1.54) is 128 Å². The van der Waals surface area contributed by atoms with Crippen molar-refractivity contribution in [1.29, 1.82) is 0 Å². The van der Waals surface area contributed by atoms with Gasteiger partial charge in [-0.15, -0.1) is 17.0 Å². The maximum atomic E-state index is 2.30. The lowest BCUT2D eigenvalue weighted by molar-refractivity contribution is 0.523. The molecule has 0 nitrogen and oxygen atoms in total. The molecule has 0 aromatic carbocycles. The fourth-order valence-electron chi connectivity index (χ4n) is 3.33. The van der Waals surface area contributed by atoms with Crippen LogP contribution in [0.4, 0.5) is 0 Å². The predicted molar refractivity (Wildman–Crippen MR) is 114 cm³/mol. The van der Waals surface area contributed by atoms with E-state index in [0.717, 1.165) is 0 Å². The minimum atomic E-state index is 0. The molecule has 0 heterocycles. The molecule has 0 N–H and O–H groups in total. The molecule has 0 saturated heterocycles. The van der Waals surface area contributed by atoms with Gasteiger partial charge in [-0.25, -0.2) is 0 Å². The fourth-order valence-corrected chi connectivity index (χ4v) is 3.33. The normalized spacial score (nSPS) is 10.7. The molecular weight excluding hydrogens is 344 g/mol. The SMILES string of the molecule is Br.CCCCCCCCCCCCCCCCCCCCCC. The van der Waals surface area contributed by atoms with Gasteiger partial charge in [-0.3, -0.25) is 0 Å². The lowest BCUT2D eigenvalue weighted by Gasteiger charge is -2.03. The molecule has 0 aliphatic rings. The smallest absolute Gasteiger partial charge is 0.0533 e. The average Bonchev–Trinajstić information content (AvgIpc) is 2.54. The van der Waals surface area contributed by atoms with Crippen molar-refractivity contribution in [2.75, 3.05) is 0 Å². The first-order chi connectivity index (χ1) is 10.9. The van der Waals surface area contributed by atoms with Crippen molar-refractivity contribution in [3.8, 4) is 0 Å². The molecule has 1 heteroatoms. The molecule has 0 saturated carbocycles. The van der Waals surface area contributed by atoms with Gasteiger partial charge >= 0.3 is 0 Å². The zero-order chi connectivity index (χ0) is 16.1. The first-order valence-corrected chi connectivity index (χ1v) is 10.9. The summed E-state index contributed by atoms with van der Waals surface area (Å²) in [5.41, 5.74) is 0. The second-order valence-corrected chi connectivity index (χ2v) is 7.36. The van der Waals surface area contributed by atoms with E-state index in [1.54, 1.807) is 0 Å². The lowest BCUT2D eigenvalue weighted by atomic mass is 10.0. The summed E-state index contributed by atoms with van der Waals surface area (Å²) in [6, 6.07) is 0. The van der Waals surface area contributed by atoms with Crippen LogP contribution < -0.4 is 0 Å². The Morgan fingerprint density at radius 1 is 0.261 bits per heavy atom. The number of halogens is 1. The third-order valence-electron chi connectivity index (χ3n) is 4.96. The molecule has 0 aliphatic heterocycles. The maximum absolute atomic E-state index is 2.30. The molecule has 0 radical (unpaired) electrons. The highest BCUT2D eigenvalue weighted by Gasteiger charge is 1.94. The Morgan fingerprint density at radius 2 is 0.391 bits per heavy atom. The Hall–Kier alpha value is 0.480. The summed E-state index contributed by atoms with van der Waals surface area (Å²) < 4.78 is 0. The Balaban J connectivity index is 0. The van der Waals surface area contributed by atoms with E-state index >= 15 is 0 Å². The van der Waals surface area contributed by atoms with Crippen LogP contribution in [-0.4, -0.2) is 0 Å². The second-order valence-electron chi connectivity index (χ2n) is 7.36. The first kappa shape index (κ1) is 25.7. The highest BCUT2D eigenvalue weighted by molar-refractivity contribution is 8.93. The third-order valence-corrected chi connectivity index (χ3v) is 4.96. The summed E-state index contributed by atoms with van der Waals surface area (Å²) in [6.07, 6.45) is 29.4. The molecule has 0 fully saturated rings. The van der Waals surface area contributed by atoms with Crippen molar-refractivity contribution in [2.45, 2.75) is 142 Å². The van der Waals surface area contributed by atoms with Gasteiger partial charge in [0, 0.05) is 0 Å². The van der Waals surface area contributed by atoms with Gasteiger partial charge in [0.1, 0.15) is 0 Å². The molecule has 0 spiro atoms. The van der Waals surface area contributed by atoms with Crippen molar-refractivity contribution < 1.29 is 0 Å². The van der Waals surface area contributed by atoms with Gasteiger partial charge in [0.15, 0.2) is 0 Å². The third kappa shape index (κ3) is 24.8. The molecular formula is C22H47Br. The molecule has 142 valence electrons. The van der Waals surface area contributed by atoms with Crippen molar-refractivity contribution in [2.24, 2.45) is 0 Å². The predicted octanol–water partition coefficient (Wildman–Crippen LogP) is 9.41. The van der Waals surface area contributed by atoms with Crippen LogP contribution in [0.2, 0.25) is 0 Å². The van der Waals surface area contributed by atoms with Gasteiger partial charge < -0.3 is 0 Å². The van der Waals surface area contributed by atoms with Gasteiger partial charge in [-0.05, 0) is 0 Å². The van der Waals surface area contributed by atoms with Crippen molar-refractivity contribution in [3.63, 3.8) is 0 Å². The van der Waals surface area contributed by atoms with E-state index in [-0.39, 0.29) is 17.0 Å². The lowest BCUT2D eigenvalue weighted by Crippen LogP contribution is -1.84. The van der Waals surface area contributed by atoms with Crippen LogP contribution >= 0.6 is 17.0 Å². The Morgan fingerprint density at radius 3 is 0.522 bits per heavy atom. The van der Waals surface area contributed by atoms with Gasteiger partial charge in [0.2, 0.25) is 0 Å². The van der Waals surface area contributed by atoms with E-state index < -0.39 is 0 Å². The molecule has 0 amide bonds. The molecule has 0 rings (SSSR count). The number of rotatable bonds is 19. The van der Waals surface area contributed by atoms with E-state index in [4.69, 9.17) is 0 Å².